The highest BCUT2D eigenvalue weighted by Crippen LogP contribution is 2.12. The quantitative estimate of drug-likeness (QED) is 0.657. The molecule has 1 saturated heterocycles. The van der Waals surface area contributed by atoms with E-state index in [0.717, 1.165) is 25.8 Å². The lowest BCUT2D eigenvalue weighted by Crippen LogP contribution is -2.33. The molecule has 0 aromatic heterocycles. The Morgan fingerprint density at radius 1 is 1.40 bits per heavy atom. The van der Waals surface area contributed by atoms with E-state index in [2.05, 4.69) is 6.92 Å². The Labute approximate surface area is 92.5 Å². The number of aliphatic hydroxyl groups is 1. The van der Waals surface area contributed by atoms with Gasteiger partial charge in [0.15, 0.2) is 0 Å². The van der Waals surface area contributed by atoms with E-state index in [-0.39, 0.29) is 12.0 Å². The molecule has 0 spiro atoms. The molecular formula is C12H23NO2. The normalized spacial score (nSPS) is 18.5. The summed E-state index contributed by atoms with van der Waals surface area (Å²) in [7, 11) is 0. The van der Waals surface area contributed by atoms with E-state index < -0.39 is 0 Å². The second kappa shape index (κ2) is 6.83. The number of unbranched alkanes of at least 4 members (excludes halogenated alkanes) is 3. The van der Waals surface area contributed by atoms with Gasteiger partial charge >= 0.3 is 0 Å². The first-order valence-corrected chi connectivity index (χ1v) is 6.20. The van der Waals surface area contributed by atoms with Crippen LogP contribution in [0.1, 0.15) is 51.9 Å². The van der Waals surface area contributed by atoms with Gasteiger partial charge in [0, 0.05) is 19.5 Å². The summed E-state index contributed by atoms with van der Waals surface area (Å²) in [6.45, 7) is 3.56. The summed E-state index contributed by atoms with van der Waals surface area (Å²) in [4.78, 5) is 13.1. The van der Waals surface area contributed by atoms with Crippen molar-refractivity contribution >= 4 is 5.91 Å². The minimum absolute atomic E-state index is 0.211. The van der Waals surface area contributed by atoms with Crippen LogP contribution in [0.15, 0.2) is 0 Å². The third-order valence-electron chi connectivity index (χ3n) is 2.99. The molecule has 1 aliphatic rings. The molecule has 1 atom stereocenters. The molecule has 1 fully saturated rings. The zero-order valence-corrected chi connectivity index (χ0v) is 9.74. The summed E-state index contributed by atoms with van der Waals surface area (Å²) in [5.41, 5.74) is 0. The highest BCUT2D eigenvalue weighted by atomic mass is 16.3. The van der Waals surface area contributed by atoms with Crippen molar-refractivity contribution in [1.82, 2.24) is 4.90 Å². The lowest BCUT2D eigenvalue weighted by Gasteiger charge is -2.19. The molecule has 3 heteroatoms. The molecule has 15 heavy (non-hydrogen) atoms. The van der Waals surface area contributed by atoms with Gasteiger partial charge in [-0.25, -0.2) is 0 Å². The van der Waals surface area contributed by atoms with E-state index in [4.69, 9.17) is 0 Å². The van der Waals surface area contributed by atoms with Crippen molar-refractivity contribution in [3.63, 3.8) is 0 Å². The van der Waals surface area contributed by atoms with Crippen LogP contribution >= 0.6 is 0 Å². The third kappa shape index (κ3) is 4.65. The molecular weight excluding hydrogens is 190 g/mol. The molecule has 0 radical (unpaired) electrons. The molecule has 0 aromatic carbocycles. The molecule has 3 nitrogen and oxygen atoms in total. The molecule has 1 rings (SSSR count). The Morgan fingerprint density at radius 3 is 2.80 bits per heavy atom. The van der Waals surface area contributed by atoms with Crippen LogP contribution in [0.4, 0.5) is 0 Å². The standard InChI is InChI=1S/C12H23NO2/c1-2-3-4-5-7-11(14)10-13-9-6-8-12(13)15/h11,14H,2-10H2,1H3. The Hall–Kier alpha value is -0.570. The van der Waals surface area contributed by atoms with Crippen LogP contribution in [0.3, 0.4) is 0 Å². The molecule has 1 heterocycles. The first-order valence-electron chi connectivity index (χ1n) is 6.20. The first kappa shape index (κ1) is 12.5. The Kier molecular flexibility index (Phi) is 5.69. The molecule has 0 bridgehead atoms. The second-order valence-electron chi connectivity index (χ2n) is 4.45. The summed E-state index contributed by atoms with van der Waals surface area (Å²) in [6, 6.07) is 0. The zero-order chi connectivity index (χ0) is 11.1. The van der Waals surface area contributed by atoms with Crippen molar-refractivity contribution in [3.05, 3.63) is 0 Å². The molecule has 1 unspecified atom stereocenters. The molecule has 0 aromatic rings. The fourth-order valence-corrected chi connectivity index (χ4v) is 2.05. The minimum atomic E-state index is -0.316. The maximum absolute atomic E-state index is 11.3. The van der Waals surface area contributed by atoms with E-state index in [0.29, 0.717) is 13.0 Å². The molecule has 1 N–H and O–H groups in total. The Morgan fingerprint density at radius 2 is 2.20 bits per heavy atom. The number of β-amino-alcohol motifs (C(OH)–C–C–N with tert-alkyl or cyclic N) is 1. The number of carbonyl (C=O) groups is 1. The van der Waals surface area contributed by atoms with Gasteiger partial charge in [0.25, 0.3) is 0 Å². The van der Waals surface area contributed by atoms with Crippen LogP contribution in [-0.4, -0.2) is 35.1 Å². The Balaban J connectivity index is 2.07. The highest BCUT2D eigenvalue weighted by Gasteiger charge is 2.21. The number of hydrogen-bond donors (Lipinski definition) is 1. The van der Waals surface area contributed by atoms with Crippen LogP contribution in [0.2, 0.25) is 0 Å². The number of carbonyl (C=O) groups excluding carboxylic acids is 1. The average Bonchev–Trinajstić information content (AvgIpc) is 2.59. The van der Waals surface area contributed by atoms with Crippen LogP contribution in [-0.2, 0) is 4.79 Å². The minimum Gasteiger partial charge on any atom is -0.391 e. The van der Waals surface area contributed by atoms with Gasteiger partial charge in [-0.1, -0.05) is 32.6 Å². The van der Waals surface area contributed by atoms with Crippen molar-refractivity contribution in [3.8, 4) is 0 Å². The van der Waals surface area contributed by atoms with Crippen molar-refractivity contribution in [2.75, 3.05) is 13.1 Å². The van der Waals surface area contributed by atoms with Crippen LogP contribution in [0, 0.1) is 0 Å². The van der Waals surface area contributed by atoms with Crippen LogP contribution in [0.5, 0.6) is 0 Å². The van der Waals surface area contributed by atoms with E-state index in [1.807, 2.05) is 0 Å². The van der Waals surface area contributed by atoms with Gasteiger partial charge in [-0.05, 0) is 12.8 Å². The number of nitrogens with zero attached hydrogens (tertiary/aromatic N) is 1. The number of rotatable bonds is 7. The van der Waals surface area contributed by atoms with Gasteiger partial charge in [0.1, 0.15) is 0 Å². The Bertz CT molecular complexity index is 194. The van der Waals surface area contributed by atoms with Crippen LogP contribution < -0.4 is 0 Å². The molecule has 1 amide bonds. The average molecular weight is 213 g/mol. The summed E-state index contributed by atoms with van der Waals surface area (Å²) in [6.07, 6.45) is 6.89. The fraction of sp³-hybridized carbons (Fsp3) is 0.917. The molecule has 1 aliphatic heterocycles. The summed E-state index contributed by atoms with van der Waals surface area (Å²) in [5.74, 6) is 0.211. The summed E-state index contributed by atoms with van der Waals surface area (Å²) >= 11 is 0. The SMILES string of the molecule is CCCCCCC(O)CN1CCCC1=O. The van der Waals surface area contributed by atoms with Gasteiger partial charge < -0.3 is 10.0 Å². The first-order chi connectivity index (χ1) is 7.24. The third-order valence-corrected chi connectivity index (χ3v) is 2.99. The smallest absolute Gasteiger partial charge is 0.222 e. The van der Waals surface area contributed by atoms with Gasteiger partial charge in [-0.3, -0.25) is 4.79 Å². The maximum atomic E-state index is 11.3. The summed E-state index contributed by atoms with van der Waals surface area (Å²) in [5, 5.41) is 9.73. The number of hydrogen-bond acceptors (Lipinski definition) is 2. The second-order valence-corrected chi connectivity index (χ2v) is 4.45. The largest absolute Gasteiger partial charge is 0.391 e. The van der Waals surface area contributed by atoms with Crippen molar-refractivity contribution < 1.29 is 9.90 Å². The number of likely N-dealkylation sites (tertiary alicyclic amines) is 1. The number of aliphatic hydroxyl groups excluding tert-OH is 1. The van der Waals surface area contributed by atoms with E-state index >= 15 is 0 Å². The lowest BCUT2D eigenvalue weighted by atomic mass is 10.1. The topological polar surface area (TPSA) is 40.5 Å². The van der Waals surface area contributed by atoms with Gasteiger partial charge in [-0.15, -0.1) is 0 Å². The van der Waals surface area contributed by atoms with Gasteiger partial charge in [0.2, 0.25) is 5.91 Å². The van der Waals surface area contributed by atoms with E-state index in [1.54, 1.807) is 4.90 Å². The van der Waals surface area contributed by atoms with Crippen molar-refractivity contribution in [2.45, 2.75) is 58.0 Å². The van der Waals surface area contributed by atoms with Crippen LogP contribution in [0.25, 0.3) is 0 Å². The highest BCUT2D eigenvalue weighted by molar-refractivity contribution is 5.78. The monoisotopic (exact) mass is 213 g/mol. The van der Waals surface area contributed by atoms with Crippen molar-refractivity contribution in [2.24, 2.45) is 0 Å². The zero-order valence-electron chi connectivity index (χ0n) is 9.74. The fourth-order valence-electron chi connectivity index (χ4n) is 2.05. The van der Waals surface area contributed by atoms with E-state index in [1.165, 1.54) is 19.3 Å². The molecule has 0 saturated carbocycles. The maximum Gasteiger partial charge on any atom is 0.222 e. The number of amides is 1. The predicted molar refractivity (Wildman–Crippen MR) is 60.6 cm³/mol. The molecule has 0 aliphatic carbocycles. The molecule has 88 valence electrons. The summed E-state index contributed by atoms with van der Waals surface area (Å²) < 4.78 is 0. The van der Waals surface area contributed by atoms with E-state index in [9.17, 15) is 9.90 Å². The predicted octanol–water partition coefficient (Wildman–Crippen LogP) is 1.94. The van der Waals surface area contributed by atoms with Gasteiger partial charge in [-0.2, -0.15) is 0 Å². The van der Waals surface area contributed by atoms with Gasteiger partial charge in [0.05, 0.1) is 6.10 Å². The lowest BCUT2D eigenvalue weighted by molar-refractivity contribution is -0.128. The van der Waals surface area contributed by atoms with Crippen molar-refractivity contribution in [1.29, 1.82) is 0 Å².